The number of nitrogens with one attached hydrogen (secondary N) is 1. The lowest BCUT2D eigenvalue weighted by molar-refractivity contribution is -0.154. The number of carbonyl (C=O) groups is 2. The number of aliphatic hydroxyl groups is 2. The lowest BCUT2D eigenvalue weighted by Crippen LogP contribution is -2.53. The quantitative estimate of drug-likeness (QED) is 0.486. The van der Waals surface area contributed by atoms with Crippen LogP contribution in [0.3, 0.4) is 0 Å². The molecule has 1 aliphatic carbocycles. The van der Waals surface area contributed by atoms with Crippen molar-refractivity contribution in [3.05, 3.63) is 40.9 Å². The van der Waals surface area contributed by atoms with Crippen molar-refractivity contribution in [2.45, 2.75) is 68.7 Å². The molecule has 0 bridgehead atoms. The second-order valence-electron chi connectivity index (χ2n) is 9.20. The highest BCUT2D eigenvalue weighted by Crippen LogP contribution is 2.36. The number of thiophene rings is 1. The van der Waals surface area contributed by atoms with E-state index in [1.54, 1.807) is 29.3 Å². The molecule has 3 N–H and O–H groups in total. The van der Waals surface area contributed by atoms with Crippen molar-refractivity contribution >= 4 is 34.8 Å². The number of hydrogen-bond donors (Lipinski definition) is 3. The highest BCUT2D eigenvalue weighted by molar-refractivity contribution is 7.15. The molecule has 8 nitrogen and oxygen atoms in total. The fourth-order valence-corrected chi connectivity index (χ4v) is 6.19. The number of amides is 2. The van der Waals surface area contributed by atoms with Crippen LogP contribution in [0.4, 0.5) is 0 Å². The molecule has 1 unspecified atom stereocenters. The first-order chi connectivity index (χ1) is 16.9. The molecule has 4 rings (SSSR count). The second-order valence-corrected chi connectivity index (χ2v) is 10.9. The summed E-state index contributed by atoms with van der Waals surface area (Å²) in [6.07, 6.45) is 3.44. The third-order valence-electron chi connectivity index (χ3n) is 6.86. The molecule has 0 spiro atoms. The smallest absolute Gasteiger partial charge is 0.254 e. The number of alkyl halides is 1. The molecule has 1 aliphatic heterocycles. The van der Waals surface area contributed by atoms with E-state index in [0.29, 0.717) is 22.7 Å². The van der Waals surface area contributed by atoms with Gasteiger partial charge in [-0.15, -0.1) is 22.9 Å². The predicted molar refractivity (Wildman–Crippen MR) is 132 cm³/mol. The molecule has 2 aromatic heterocycles. The van der Waals surface area contributed by atoms with Gasteiger partial charge in [-0.1, -0.05) is 12.5 Å². The summed E-state index contributed by atoms with van der Waals surface area (Å²) in [4.78, 5) is 32.9. The predicted octanol–water partition coefficient (Wildman–Crippen LogP) is 2.81. The van der Waals surface area contributed by atoms with E-state index in [1.165, 1.54) is 11.3 Å². The molecule has 2 fully saturated rings. The Labute approximate surface area is 213 Å². The first-order valence-corrected chi connectivity index (χ1v) is 13.2. The van der Waals surface area contributed by atoms with Crippen LogP contribution in [0.1, 0.15) is 49.0 Å². The van der Waals surface area contributed by atoms with Crippen LogP contribution in [0.5, 0.6) is 0 Å². The lowest BCUT2D eigenvalue weighted by atomic mass is 9.82. The van der Waals surface area contributed by atoms with Gasteiger partial charge in [-0.05, 0) is 61.8 Å². The third-order valence-corrected chi connectivity index (χ3v) is 8.27. The minimum atomic E-state index is -1.86. The first kappa shape index (κ1) is 25.6. The number of rotatable bonds is 7. The molecule has 2 aliphatic rings. The van der Waals surface area contributed by atoms with Gasteiger partial charge in [0.05, 0.1) is 10.6 Å². The largest absolute Gasteiger partial charge is 0.380 e. The zero-order chi connectivity index (χ0) is 24.9. The van der Waals surface area contributed by atoms with E-state index in [-0.39, 0.29) is 23.9 Å². The van der Waals surface area contributed by atoms with Gasteiger partial charge in [0.25, 0.3) is 11.8 Å². The lowest BCUT2D eigenvalue weighted by Gasteiger charge is -2.36. The van der Waals surface area contributed by atoms with Crippen LogP contribution in [0.25, 0.3) is 10.6 Å². The molecule has 5 atom stereocenters. The third kappa shape index (κ3) is 6.01. The fraction of sp³-hybridized carbons (Fsp3) is 0.520. The van der Waals surface area contributed by atoms with E-state index in [9.17, 15) is 19.8 Å². The van der Waals surface area contributed by atoms with Crippen LogP contribution in [-0.4, -0.2) is 62.1 Å². The molecule has 3 heterocycles. The van der Waals surface area contributed by atoms with Gasteiger partial charge in [0.15, 0.2) is 12.2 Å². The molecule has 1 saturated carbocycles. The summed E-state index contributed by atoms with van der Waals surface area (Å²) in [5.41, 5.74) is 1.41. The molecule has 0 aromatic carbocycles. The van der Waals surface area contributed by atoms with Crippen molar-refractivity contribution in [3.8, 4) is 16.6 Å². The fourth-order valence-electron chi connectivity index (χ4n) is 5.02. The van der Waals surface area contributed by atoms with Crippen LogP contribution in [0.15, 0.2) is 30.5 Å². The average Bonchev–Trinajstić information content (AvgIpc) is 3.56. The molecule has 2 amide bonds. The van der Waals surface area contributed by atoms with E-state index in [1.807, 2.05) is 6.07 Å². The van der Waals surface area contributed by atoms with E-state index >= 15 is 0 Å². The number of pyridine rings is 1. The van der Waals surface area contributed by atoms with Gasteiger partial charge in [0.2, 0.25) is 0 Å². The van der Waals surface area contributed by atoms with E-state index in [0.717, 1.165) is 43.4 Å². The van der Waals surface area contributed by atoms with Gasteiger partial charge in [0.1, 0.15) is 10.9 Å². The molecule has 2 aromatic rings. The number of likely N-dealkylation sites (tertiary alicyclic amines) is 1. The molecule has 1 saturated heterocycles. The summed E-state index contributed by atoms with van der Waals surface area (Å²) >= 11 is 7.69. The Bertz CT molecular complexity index is 1090. The SMILES string of the molecule is N#Cc1ccc(-c2ccc(CNC(=O)[C@H](O)[C@@H](O)C(=O)N3CCCC3[C@H]3CCC[C@@H](Cl)C3)cn2)s1. The zero-order valence-corrected chi connectivity index (χ0v) is 20.8. The Balaban J connectivity index is 1.30. The summed E-state index contributed by atoms with van der Waals surface area (Å²) in [6, 6.07) is 9.22. The van der Waals surface area contributed by atoms with Gasteiger partial charge in [-0.3, -0.25) is 14.6 Å². The highest BCUT2D eigenvalue weighted by Gasteiger charge is 2.41. The Kier molecular flexibility index (Phi) is 8.39. The molecule has 35 heavy (non-hydrogen) atoms. The van der Waals surface area contributed by atoms with Crippen LogP contribution < -0.4 is 5.32 Å². The van der Waals surface area contributed by atoms with Crippen molar-refractivity contribution in [2.75, 3.05) is 6.54 Å². The highest BCUT2D eigenvalue weighted by atomic mass is 35.5. The maximum absolute atomic E-state index is 13.0. The molecular weight excluding hydrogens is 488 g/mol. The minimum Gasteiger partial charge on any atom is -0.380 e. The number of nitrogens with zero attached hydrogens (tertiary/aromatic N) is 3. The van der Waals surface area contributed by atoms with Crippen molar-refractivity contribution in [2.24, 2.45) is 5.92 Å². The van der Waals surface area contributed by atoms with E-state index < -0.39 is 24.0 Å². The number of hydrogen-bond acceptors (Lipinski definition) is 7. The normalized spacial score (nSPS) is 23.9. The topological polar surface area (TPSA) is 127 Å². The van der Waals surface area contributed by atoms with Crippen molar-refractivity contribution in [1.29, 1.82) is 5.26 Å². The van der Waals surface area contributed by atoms with Crippen molar-refractivity contribution in [3.63, 3.8) is 0 Å². The summed E-state index contributed by atoms with van der Waals surface area (Å²) < 4.78 is 0. The van der Waals surface area contributed by atoms with Gasteiger partial charge in [-0.25, -0.2) is 0 Å². The Hall–Kier alpha value is -2.51. The zero-order valence-electron chi connectivity index (χ0n) is 19.3. The van der Waals surface area contributed by atoms with Crippen molar-refractivity contribution < 1.29 is 19.8 Å². The second kappa shape index (κ2) is 11.5. The molecular formula is C25H29ClN4O4S. The molecule has 0 radical (unpaired) electrons. The van der Waals surface area contributed by atoms with Crippen molar-refractivity contribution in [1.82, 2.24) is 15.2 Å². The number of halogens is 1. The average molecular weight is 517 g/mol. The van der Waals surface area contributed by atoms with Crippen LogP contribution in [0, 0.1) is 17.2 Å². The summed E-state index contributed by atoms with van der Waals surface area (Å²) in [6.45, 7) is 0.597. The number of aliphatic hydroxyl groups excluding tert-OH is 2. The number of carbonyl (C=O) groups excluding carboxylic acids is 2. The van der Waals surface area contributed by atoms with Gasteiger partial charge in [0, 0.05) is 30.7 Å². The minimum absolute atomic E-state index is 0.00821. The van der Waals surface area contributed by atoms with Gasteiger partial charge < -0.3 is 20.4 Å². The standard InChI is InChI=1S/C25H29ClN4O4S/c26-17-4-1-3-16(11-17)20-5-2-10-30(20)25(34)23(32)22(31)24(33)29-14-15-6-8-19(28-13-15)21-9-7-18(12-27)35-21/h6-9,13,16-17,20,22-23,31-32H,1-5,10-11,14H2,(H,29,33)/t16-,17+,20?,22+,23+/m0/s1. The Morgan fingerprint density at radius 1 is 1.20 bits per heavy atom. The Morgan fingerprint density at radius 2 is 2.03 bits per heavy atom. The first-order valence-electron chi connectivity index (χ1n) is 11.9. The maximum Gasteiger partial charge on any atom is 0.254 e. The summed E-state index contributed by atoms with van der Waals surface area (Å²) in [5.74, 6) is -1.14. The van der Waals surface area contributed by atoms with Gasteiger partial charge in [-0.2, -0.15) is 5.26 Å². The van der Waals surface area contributed by atoms with Crippen LogP contribution in [0.2, 0.25) is 0 Å². The monoisotopic (exact) mass is 516 g/mol. The number of nitriles is 1. The number of aromatic nitrogens is 1. The summed E-state index contributed by atoms with van der Waals surface area (Å²) in [5, 5.41) is 32.5. The Morgan fingerprint density at radius 3 is 2.71 bits per heavy atom. The summed E-state index contributed by atoms with van der Waals surface area (Å²) in [7, 11) is 0. The van der Waals surface area contributed by atoms with Gasteiger partial charge >= 0.3 is 0 Å². The molecule has 186 valence electrons. The van der Waals surface area contributed by atoms with Crippen LogP contribution in [-0.2, 0) is 16.1 Å². The van der Waals surface area contributed by atoms with Crippen LogP contribution >= 0.6 is 22.9 Å². The maximum atomic E-state index is 13.0. The van der Waals surface area contributed by atoms with E-state index in [2.05, 4.69) is 16.4 Å². The molecule has 10 heteroatoms. The van der Waals surface area contributed by atoms with E-state index in [4.69, 9.17) is 16.9 Å².